The van der Waals surface area contributed by atoms with Crippen molar-refractivity contribution < 1.29 is 4.74 Å². The van der Waals surface area contributed by atoms with Crippen LogP contribution in [0.1, 0.15) is 24.5 Å². The molecule has 2 aromatic rings. The lowest BCUT2D eigenvalue weighted by Gasteiger charge is -2.13. The van der Waals surface area contributed by atoms with Crippen LogP contribution < -0.4 is 15.8 Å². The lowest BCUT2D eigenvalue weighted by Crippen LogP contribution is -2.05. The Morgan fingerprint density at radius 2 is 2.10 bits per heavy atom. The summed E-state index contributed by atoms with van der Waals surface area (Å²) in [6, 6.07) is 5.91. The molecule has 0 saturated carbocycles. The van der Waals surface area contributed by atoms with E-state index >= 15 is 0 Å². The van der Waals surface area contributed by atoms with Gasteiger partial charge in [0.15, 0.2) is 0 Å². The van der Waals surface area contributed by atoms with Gasteiger partial charge in [0.05, 0.1) is 7.11 Å². The van der Waals surface area contributed by atoms with Gasteiger partial charge in [-0.25, -0.2) is 9.97 Å². The molecule has 0 bridgehead atoms. The molecule has 3 N–H and O–H groups in total. The Balaban J connectivity index is 2.30. The van der Waals surface area contributed by atoms with Crippen molar-refractivity contribution in [1.29, 1.82) is 0 Å². The van der Waals surface area contributed by atoms with Crippen molar-refractivity contribution in [2.24, 2.45) is 0 Å². The van der Waals surface area contributed by atoms with E-state index in [-0.39, 0.29) is 0 Å². The van der Waals surface area contributed by atoms with Crippen LogP contribution in [0.3, 0.4) is 0 Å². The summed E-state index contributed by atoms with van der Waals surface area (Å²) in [5, 5.41) is 3.30. The zero-order chi connectivity index (χ0) is 14.5. The highest BCUT2D eigenvalue weighted by Gasteiger charge is 2.09. The van der Waals surface area contributed by atoms with Gasteiger partial charge in [-0.2, -0.15) is 0 Å². The van der Waals surface area contributed by atoms with Crippen LogP contribution in [0.25, 0.3) is 0 Å². The van der Waals surface area contributed by atoms with Crippen molar-refractivity contribution in [3.63, 3.8) is 0 Å². The second-order valence-corrected chi connectivity index (χ2v) is 4.65. The number of aryl methyl sites for hydroxylation is 1. The van der Waals surface area contributed by atoms with Gasteiger partial charge in [0.1, 0.15) is 23.7 Å². The fourth-order valence-corrected chi connectivity index (χ4v) is 2.12. The molecule has 0 spiro atoms. The minimum absolute atomic E-state index is 0.537. The van der Waals surface area contributed by atoms with E-state index in [9.17, 15) is 0 Å². The number of aromatic nitrogens is 2. The number of hydrogen-bond acceptors (Lipinski definition) is 5. The van der Waals surface area contributed by atoms with Crippen LogP contribution in [0.4, 0.5) is 17.3 Å². The maximum atomic E-state index is 5.93. The molecular formula is C15H20N4O. The number of hydrogen-bond donors (Lipinski definition) is 2. The number of rotatable bonds is 5. The number of nitrogens with two attached hydrogens (primary N) is 1. The summed E-state index contributed by atoms with van der Waals surface area (Å²) in [6.07, 6.45) is 3.32. The summed E-state index contributed by atoms with van der Waals surface area (Å²) in [5.41, 5.74) is 8.91. The largest absolute Gasteiger partial charge is 0.496 e. The minimum atomic E-state index is 0.537. The molecule has 0 aliphatic carbocycles. The number of nitrogens with one attached hydrogen (secondary N) is 1. The SMILES string of the molecule is CCCc1c(N)ncnc1Nc1ccc(OC)c(C)c1. The highest BCUT2D eigenvalue weighted by Crippen LogP contribution is 2.26. The third-order valence-electron chi connectivity index (χ3n) is 3.14. The summed E-state index contributed by atoms with van der Waals surface area (Å²) in [4.78, 5) is 8.34. The molecule has 0 saturated heterocycles. The summed E-state index contributed by atoms with van der Waals surface area (Å²) in [6.45, 7) is 4.11. The molecule has 0 unspecified atom stereocenters. The molecular weight excluding hydrogens is 252 g/mol. The number of anilines is 3. The predicted octanol–water partition coefficient (Wildman–Crippen LogP) is 3.07. The molecule has 106 valence electrons. The molecule has 1 aromatic carbocycles. The number of nitrogen functional groups attached to an aromatic ring is 1. The number of methoxy groups -OCH3 is 1. The van der Waals surface area contributed by atoms with Crippen molar-refractivity contribution >= 4 is 17.3 Å². The first kappa shape index (κ1) is 14.1. The normalized spacial score (nSPS) is 10.3. The van der Waals surface area contributed by atoms with Crippen molar-refractivity contribution in [2.75, 3.05) is 18.2 Å². The number of benzene rings is 1. The van der Waals surface area contributed by atoms with Gasteiger partial charge in [-0.1, -0.05) is 13.3 Å². The Kier molecular flexibility index (Phi) is 4.40. The molecule has 5 nitrogen and oxygen atoms in total. The monoisotopic (exact) mass is 272 g/mol. The maximum absolute atomic E-state index is 5.93. The van der Waals surface area contributed by atoms with E-state index in [1.54, 1.807) is 7.11 Å². The molecule has 0 amide bonds. The van der Waals surface area contributed by atoms with Crippen LogP contribution in [0, 0.1) is 6.92 Å². The first-order valence-corrected chi connectivity index (χ1v) is 6.66. The number of ether oxygens (including phenoxy) is 1. The molecule has 1 aromatic heterocycles. The van der Waals surface area contributed by atoms with E-state index in [1.165, 1.54) is 6.33 Å². The molecule has 1 heterocycles. The molecule has 2 rings (SSSR count). The summed E-state index contributed by atoms with van der Waals surface area (Å²) in [7, 11) is 1.67. The van der Waals surface area contributed by atoms with E-state index in [0.29, 0.717) is 5.82 Å². The fourth-order valence-electron chi connectivity index (χ4n) is 2.12. The first-order chi connectivity index (χ1) is 9.65. The molecule has 5 heteroatoms. The Hall–Kier alpha value is -2.30. The predicted molar refractivity (Wildman–Crippen MR) is 81.5 cm³/mol. The van der Waals surface area contributed by atoms with E-state index < -0.39 is 0 Å². The van der Waals surface area contributed by atoms with Crippen LogP contribution in [0.5, 0.6) is 5.75 Å². The van der Waals surface area contributed by atoms with Gasteiger partial charge in [-0.05, 0) is 37.1 Å². The molecule has 0 aliphatic heterocycles. The second-order valence-electron chi connectivity index (χ2n) is 4.65. The maximum Gasteiger partial charge on any atom is 0.139 e. The molecule has 0 fully saturated rings. The molecule has 20 heavy (non-hydrogen) atoms. The quantitative estimate of drug-likeness (QED) is 0.875. The average Bonchev–Trinajstić information content (AvgIpc) is 2.43. The van der Waals surface area contributed by atoms with Crippen LogP contribution in [0.15, 0.2) is 24.5 Å². The lowest BCUT2D eigenvalue weighted by molar-refractivity contribution is 0.412. The first-order valence-electron chi connectivity index (χ1n) is 6.66. The van der Waals surface area contributed by atoms with E-state index in [4.69, 9.17) is 10.5 Å². The fraction of sp³-hybridized carbons (Fsp3) is 0.333. The molecule has 0 atom stereocenters. The smallest absolute Gasteiger partial charge is 0.139 e. The van der Waals surface area contributed by atoms with E-state index in [1.807, 2.05) is 25.1 Å². The van der Waals surface area contributed by atoms with Crippen LogP contribution in [-0.2, 0) is 6.42 Å². The standard InChI is InChI=1S/C15H20N4O/c1-4-5-12-14(16)17-9-18-15(12)19-11-6-7-13(20-3)10(2)8-11/h6-9H,4-5H2,1-3H3,(H3,16,17,18,19). The summed E-state index contributed by atoms with van der Waals surface area (Å²) < 4.78 is 5.26. The Morgan fingerprint density at radius 3 is 2.75 bits per heavy atom. The molecule has 0 aliphatic rings. The third kappa shape index (κ3) is 2.99. The zero-order valence-corrected chi connectivity index (χ0v) is 12.1. The van der Waals surface area contributed by atoms with Crippen LogP contribution >= 0.6 is 0 Å². The van der Waals surface area contributed by atoms with E-state index in [2.05, 4.69) is 22.2 Å². The van der Waals surface area contributed by atoms with Gasteiger partial charge in [0.25, 0.3) is 0 Å². The topological polar surface area (TPSA) is 73.1 Å². The van der Waals surface area contributed by atoms with Gasteiger partial charge in [-0.15, -0.1) is 0 Å². The van der Waals surface area contributed by atoms with Crippen molar-refractivity contribution in [3.8, 4) is 5.75 Å². The van der Waals surface area contributed by atoms with Crippen molar-refractivity contribution in [1.82, 2.24) is 9.97 Å². The minimum Gasteiger partial charge on any atom is -0.496 e. The highest BCUT2D eigenvalue weighted by atomic mass is 16.5. The zero-order valence-electron chi connectivity index (χ0n) is 12.1. The van der Waals surface area contributed by atoms with Gasteiger partial charge in [0.2, 0.25) is 0 Å². The van der Waals surface area contributed by atoms with Crippen LogP contribution in [0.2, 0.25) is 0 Å². The Bertz CT molecular complexity index is 598. The van der Waals surface area contributed by atoms with Crippen molar-refractivity contribution in [3.05, 3.63) is 35.7 Å². The van der Waals surface area contributed by atoms with Gasteiger partial charge in [-0.3, -0.25) is 0 Å². The van der Waals surface area contributed by atoms with E-state index in [0.717, 1.165) is 41.2 Å². The van der Waals surface area contributed by atoms with Crippen molar-refractivity contribution in [2.45, 2.75) is 26.7 Å². The molecule has 0 radical (unpaired) electrons. The second kappa shape index (κ2) is 6.23. The highest BCUT2D eigenvalue weighted by molar-refractivity contribution is 5.65. The van der Waals surface area contributed by atoms with Gasteiger partial charge in [0, 0.05) is 11.3 Å². The third-order valence-corrected chi connectivity index (χ3v) is 3.14. The summed E-state index contributed by atoms with van der Waals surface area (Å²) in [5.74, 6) is 2.17. The average molecular weight is 272 g/mol. The lowest BCUT2D eigenvalue weighted by atomic mass is 10.1. The Morgan fingerprint density at radius 1 is 1.30 bits per heavy atom. The summed E-state index contributed by atoms with van der Waals surface area (Å²) >= 11 is 0. The Labute approximate surface area is 119 Å². The van der Waals surface area contributed by atoms with Gasteiger partial charge >= 0.3 is 0 Å². The number of nitrogens with zero attached hydrogens (tertiary/aromatic N) is 2. The van der Waals surface area contributed by atoms with Crippen LogP contribution in [-0.4, -0.2) is 17.1 Å². The van der Waals surface area contributed by atoms with Gasteiger partial charge < -0.3 is 15.8 Å².